The molecule has 0 saturated carbocycles. The van der Waals surface area contributed by atoms with Crippen LogP contribution in [0.2, 0.25) is 0 Å². The Morgan fingerprint density at radius 1 is 1.29 bits per heavy atom. The summed E-state index contributed by atoms with van der Waals surface area (Å²) in [5.74, 6) is -1.37. The Morgan fingerprint density at radius 2 is 1.96 bits per heavy atom. The smallest absolute Gasteiger partial charge is 0.309 e. The second kappa shape index (κ2) is 8.59. The van der Waals surface area contributed by atoms with Gasteiger partial charge in [0, 0.05) is 18.0 Å². The number of thiophene rings is 1. The number of rotatable bonds is 5. The molecular formula is C18H23N3O5S2. The van der Waals surface area contributed by atoms with Crippen LogP contribution < -0.4 is 5.32 Å². The number of piperidine rings is 1. The molecule has 0 bridgehead atoms. The molecule has 0 aromatic carbocycles. The van der Waals surface area contributed by atoms with Crippen LogP contribution in [-0.2, 0) is 37.2 Å². The van der Waals surface area contributed by atoms with Crippen molar-refractivity contribution in [2.24, 2.45) is 5.92 Å². The maximum Gasteiger partial charge on any atom is 0.309 e. The molecular weight excluding hydrogens is 402 g/mol. The monoisotopic (exact) mass is 425 g/mol. The summed E-state index contributed by atoms with van der Waals surface area (Å²) >= 11 is 1.42. The lowest BCUT2D eigenvalue weighted by molar-refractivity contribution is -0.152. The van der Waals surface area contributed by atoms with Crippen molar-refractivity contribution in [2.45, 2.75) is 38.5 Å². The van der Waals surface area contributed by atoms with Gasteiger partial charge in [-0.1, -0.05) is 0 Å². The van der Waals surface area contributed by atoms with E-state index in [0.717, 1.165) is 42.4 Å². The van der Waals surface area contributed by atoms with Crippen LogP contribution in [0.3, 0.4) is 0 Å². The van der Waals surface area contributed by atoms with E-state index >= 15 is 0 Å². The number of ether oxygens (including phenoxy) is 1. The van der Waals surface area contributed by atoms with E-state index in [1.165, 1.54) is 15.6 Å². The molecule has 152 valence electrons. The lowest BCUT2D eigenvalue weighted by Crippen LogP contribution is -2.40. The fraction of sp³-hybridized carbons (Fsp3) is 0.611. The molecule has 28 heavy (non-hydrogen) atoms. The summed E-state index contributed by atoms with van der Waals surface area (Å²) in [6, 6.07) is 2.18. The normalized spacial score (nSPS) is 18.1. The zero-order valence-corrected chi connectivity index (χ0v) is 17.3. The van der Waals surface area contributed by atoms with E-state index in [2.05, 4.69) is 11.4 Å². The molecule has 0 radical (unpaired) electrons. The minimum Gasteiger partial charge on any atom is -0.455 e. The highest BCUT2D eigenvalue weighted by atomic mass is 32.2. The van der Waals surface area contributed by atoms with Gasteiger partial charge in [-0.25, -0.2) is 12.7 Å². The van der Waals surface area contributed by atoms with Crippen molar-refractivity contribution < 1.29 is 22.7 Å². The topological polar surface area (TPSA) is 117 Å². The van der Waals surface area contributed by atoms with E-state index in [9.17, 15) is 23.3 Å². The number of nitrogens with one attached hydrogen (secondary N) is 1. The first-order chi connectivity index (χ1) is 13.3. The third-order valence-corrected chi connectivity index (χ3v) is 7.65. The number of hydrogen-bond donors (Lipinski definition) is 1. The number of aryl methyl sites for hydroxylation is 1. The summed E-state index contributed by atoms with van der Waals surface area (Å²) in [5.41, 5.74) is 1.55. The summed E-state index contributed by atoms with van der Waals surface area (Å²) in [5, 5.41) is 12.6. The molecule has 1 N–H and O–H groups in total. The molecule has 1 fully saturated rings. The predicted molar refractivity (Wildman–Crippen MR) is 104 cm³/mol. The largest absolute Gasteiger partial charge is 0.455 e. The van der Waals surface area contributed by atoms with E-state index in [1.54, 1.807) is 0 Å². The van der Waals surface area contributed by atoms with Crippen molar-refractivity contribution in [3.8, 4) is 6.07 Å². The highest BCUT2D eigenvalue weighted by molar-refractivity contribution is 7.88. The molecule has 1 amide bonds. The third-order valence-electron chi connectivity index (χ3n) is 5.14. The maximum absolute atomic E-state index is 12.2. The lowest BCUT2D eigenvalue weighted by Gasteiger charge is -2.28. The van der Waals surface area contributed by atoms with E-state index in [0.29, 0.717) is 23.4 Å². The molecule has 1 saturated heterocycles. The van der Waals surface area contributed by atoms with Gasteiger partial charge in [-0.15, -0.1) is 11.3 Å². The molecule has 1 aromatic heterocycles. The van der Waals surface area contributed by atoms with Crippen LogP contribution in [-0.4, -0.2) is 50.6 Å². The quantitative estimate of drug-likeness (QED) is 0.717. The Balaban J connectivity index is 1.51. The summed E-state index contributed by atoms with van der Waals surface area (Å²) in [6.07, 6.45) is 5.81. The van der Waals surface area contributed by atoms with Gasteiger partial charge in [0.1, 0.15) is 11.1 Å². The first kappa shape index (κ1) is 20.8. The molecule has 3 rings (SSSR count). The van der Waals surface area contributed by atoms with Crippen molar-refractivity contribution in [1.82, 2.24) is 4.31 Å². The van der Waals surface area contributed by atoms with Crippen molar-refractivity contribution in [1.29, 1.82) is 5.26 Å². The Bertz CT molecular complexity index is 908. The maximum atomic E-state index is 12.2. The number of anilines is 1. The van der Waals surface area contributed by atoms with E-state index < -0.39 is 34.4 Å². The first-order valence-electron chi connectivity index (χ1n) is 9.26. The number of amides is 1. The number of esters is 1. The predicted octanol–water partition coefficient (Wildman–Crippen LogP) is 1.65. The SMILES string of the molecule is CS(=O)(=O)N1CCC(C(=O)OCC(=O)Nc2sc3c(c2C#N)CCCC3)CC1. The van der Waals surface area contributed by atoms with Gasteiger partial charge < -0.3 is 10.1 Å². The van der Waals surface area contributed by atoms with Crippen LogP contribution >= 0.6 is 11.3 Å². The number of hydrogen-bond acceptors (Lipinski definition) is 7. The number of nitrogens with zero attached hydrogens (tertiary/aromatic N) is 2. The van der Waals surface area contributed by atoms with Crippen LogP contribution in [0.4, 0.5) is 5.00 Å². The number of carbonyl (C=O) groups is 2. The Hall–Kier alpha value is -1.96. The van der Waals surface area contributed by atoms with Crippen LogP contribution in [0, 0.1) is 17.2 Å². The molecule has 0 atom stereocenters. The Labute approximate surface area is 168 Å². The van der Waals surface area contributed by atoms with Gasteiger partial charge in [0.2, 0.25) is 10.0 Å². The fourth-order valence-electron chi connectivity index (χ4n) is 3.61. The van der Waals surface area contributed by atoms with Crippen molar-refractivity contribution in [2.75, 3.05) is 31.3 Å². The van der Waals surface area contributed by atoms with Gasteiger partial charge in [-0.3, -0.25) is 9.59 Å². The molecule has 1 aromatic rings. The van der Waals surface area contributed by atoms with Gasteiger partial charge in [0.15, 0.2) is 6.61 Å². The van der Waals surface area contributed by atoms with E-state index in [-0.39, 0.29) is 13.1 Å². The van der Waals surface area contributed by atoms with Crippen molar-refractivity contribution in [3.63, 3.8) is 0 Å². The average molecular weight is 426 g/mol. The fourth-order valence-corrected chi connectivity index (χ4v) is 5.74. The minimum absolute atomic E-state index is 0.275. The van der Waals surface area contributed by atoms with E-state index in [1.807, 2.05) is 0 Å². The standard InChI is InChI=1S/C18H23N3O5S2/c1-28(24,25)21-8-6-12(7-9-21)18(23)26-11-16(22)20-17-14(10-19)13-4-2-3-5-15(13)27-17/h12H,2-9,11H2,1H3,(H,20,22). The summed E-state index contributed by atoms with van der Waals surface area (Å²) in [4.78, 5) is 25.5. The van der Waals surface area contributed by atoms with Crippen LogP contribution in [0.1, 0.15) is 41.7 Å². The summed E-state index contributed by atoms with van der Waals surface area (Å²) in [6.45, 7) is 0.132. The van der Waals surface area contributed by atoms with Crippen molar-refractivity contribution in [3.05, 3.63) is 16.0 Å². The molecule has 2 aliphatic rings. The van der Waals surface area contributed by atoms with Gasteiger partial charge in [0.05, 0.1) is 17.7 Å². The zero-order valence-electron chi connectivity index (χ0n) is 15.7. The number of carbonyl (C=O) groups excluding carboxylic acids is 2. The van der Waals surface area contributed by atoms with E-state index in [4.69, 9.17) is 4.74 Å². The molecule has 1 aliphatic heterocycles. The third kappa shape index (κ3) is 4.71. The average Bonchev–Trinajstić information content (AvgIpc) is 3.02. The summed E-state index contributed by atoms with van der Waals surface area (Å²) in [7, 11) is -3.25. The molecule has 8 nitrogen and oxygen atoms in total. The highest BCUT2D eigenvalue weighted by Gasteiger charge is 2.30. The van der Waals surface area contributed by atoms with Gasteiger partial charge in [0.25, 0.3) is 5.91 Å². The number of nitriles is 1. The van der Waals surface area contributed by atoms with Gasteiger partial charge in [-0.2, -0.15) is 5.26 Å². The second-order valence-corrected chi connectivity index (χ2v) is 10.2. The van der Waals surface area contributed by atoms with Crippen molar-refractivity contribution >= 4 is 38.2 Å². The first-order valence-corrected chi connectivity index (χ1v) is 11.9. The molecule has 10 heteroatoms. The van der Waals surface area contributed by atoms with Gasteiger partial charge in [-0.05, 0) is 44.1 Å². The second-order valence-electron chi connectivity index (χ2n) is 7.12. The summed E-state index contributed by atoms with van der Waals surface area (Å²) < 4.78 is 29.5. The van der Waals surface area contributed by atoms with Gasteiger partial charge >= 0.3 is 5.97 Å². The minimum atomic E-state index is -3.25. The van der Waals surface area contributed by atoms with Crippen LogP contribution in [0.25, 0.3) is 0 Å². The number of sulfonamides is 1. The molecule has 0 unspecified atom stereocenters. The van der Waals surface area contributed by atoms with Crippen LogP contribution in [0.15, 0.2) is 0 Å². The molecule has 1 aliphatic carbocycles. The Kier molecular flexibility index (Phi) is 6.37. The molecule has 0 spiro atoms. The Morgan fingerprint density at radius 3 is 2.61 bits per heavy atom. The zero-order chi connectivity index (χ0) is 20.3. The lowest BCUT2D eigenvalue weighted by atomic mass is 9.96. The number of fused-ring (bicyclic) bond motifs is 1. The van der Waals surface area contributed by atoms with Crippen LogP contribution in [0.5, 0.6) is 0 Å². The molecule has 2 heterocycles. The highest BCUT2D eigenvalue weighted by Crippen LogP contribution is 2.37.